The van der Waals surface area contributed by atoms with Gasteiger partial charge in [-0.15, -0.1) is 0 Å². The van der Waals surface area contributed by atoms with Gasteiger partial charge in [0.1, 0.15) is 0 Å². The summed E-state index contributed by atoms with van der Waals surface area (Å²) < 4.78 is 22.3. The van der Waals surface area contributed by atoms with E-state index in [0.29, 0.717) is 11.3 Å². The molecule has 3 nitrogen and oxygen atoms in total. The molecular weight excluding hydrogens is 218 g/mol. The maximum absolute atomic E-state index is 11.1. The van der Waals surface area contributed by atoms with Gasteiger partial charge in [0.25, 0.3) is 0 Å². The first-order valence-corrected chi connectivity index (χ1v) is 7.60. The number of thioether (sulfide) groups is 1. The topological polar surface area (TPSA) is 46.2 Å². The van der Waals surface area contributed by atoms with Crippen molar-refractivity contribution in [3.05, 3.63) is 11.5 Å². The largest absolute Gasteiger partial charge is 0.306 e. The predicted molar refractivity (Wildman–Crippen MR) is 60.2 cm³/mol. The highest BCUT2D eigenvalue weighted by Crippen LogP contribution is 2.26. The van der Waals surface area contributed by atoms with Crippen LogP contribution in [0.1, 0.15) is 13.3 Å². The Balaban J connectivity index is 1.86. The molecular formula is C9H15NO2S2. The maximum atomic E-state index is 11.1. The lowest BCUT2D eigenvalue weighted by molar-refractivity contribution is 0.510. The quantitative estimate of drug-likeness (QED) is 0.765. The molecule has 14 heavy (non-hydrogen) atoms. The smallest absolute Gasteiger partial charge is 0.173 e. The third-order valence-electron chi connectivity index (χ3n) is 2.58. The molecule has 0 bridgehead atoms. The molecule has 0 aliphatic carbocycles. The van der Waals surface area contributed by atoms with E-state index < -0.39 is 9.84 Å². The van der Waals surface area contributed by atoms with Gasteiger partial charge in [0, 0.05) is 28.5 Å². The molecule has 0 spiro atoms. The van der Waals surface area contributed by atoms with Crippen LogP contribution < -0.4 is 5.32 Å². The summed E-state index contributed by atoms with van der Waals surface area (Å²) >= 11 is 1.95. The molecule has 0 aromatic rings. The minimum atomic E-state index is -2.90. The zero-order chi connectivity index (χ0) is 10.2. The molecule has 0 saturated carbocycles. The van der Waals surface area contributed by atoms with E-state index in [1.54, 1.807) is 6.08 Å². The van der Waals surface area contributed by atoms with E-state index in [1.165, 1.54) is 5.41 Å². The Bertz CT molecular complexity index is 337. The fraction of sp³-hybridized carbons (Fsp3) is 0.778. The van der Waals surface area contributed by atoms with Crippen LogP contribution in [-0.4, -0.2) is 37.3 Å². The Morgan fingerprint density at radius 3 is 2.79 bits per heavy atom. The molecule has 2 aliphatic rings. The van der Waals surface area contributed by atoms with Crippen LogP contribution in [-0.2, 0) is 9.84 Å². The molecule has 2 heterocycles. The zero-order valence-electron chi connectivity index (χ0n) is 8.14. The molecule has 2 aliphatic heterocycles. The molecule has 80 valence electrons. The van der Waals surface area contributed by atoms with Crippen molar-refractivity contribution >= 4 is 21.6 Å². The standard InChI is InChI=1S/C9H15NO2S2/c1-7-4-9(5-13-7)10-8-2-3-14(11,12)6-8/h2-3,7-10H,4-6H2,1H3. The minimum Gasteiger partial charge on any atom is -0.306 e. The number of hydrogen-bond acceptors (Lipinski definition) is 4. The Hall–Kier alpha value is -0.000000000000000111. The molecule has 1 saturated heterocycles. The van der Waals surface area contributed by atoms with E-state index in [1.807, 2.05) is 11.8 Å². The van der Waals surface area contributed by atoms with E-state index in [4.69, 9.17) is 0 Å². The molecule has 3 unspecified atom stereocenters. The predicted octanol–water partition coefficient (Wildman–Crippen LogP) is 0.781. The summed E-state index contributed by atoms with van der Waals surface area (Å²) in [5.74, 6) is 1.34. The number of nitrogens with one attached hydrogen (secondary N) is 1. The number of rotatable bonds is 2. The first-order valence-electron chi connectivity index (χ1n) is 4.84. The normalized spacial score (nSPS) is 40.5. The Morgan fingerprint density at radius 1 is 1.50 bits per heavy atom. The first kappa shape index (κ1) is 10.5. The summed E-state index contributed by atoms with van der Waals surface area (Å²) in [5.41, 5.74) is 0. The average Bonchev–Trinajstić information content (AvgIpc) is 2.59. The van der Waals surface area contributed by atoms with Crippen molar-refractivity contribution in [2.75, 3.05) is 11.5 Å². The zero-order valence-corrected chi connectivity index (χ0v) is 9.77. The van der Waals surface area contributed by atoms with Gasteiger partial charge in [0.2, 0.25) is 0 Å². The summed E-state index contributed by atoms with van der Waals surface area (Å²) in [7, 11) is -2.90. The molecule has 0 aromatic carbocycles. The van der Waals surface area contributed by atoms with Gasteiger partial charge in [-0.05, 0) is 6.42 Å². The third-order valence-corrected chi connectivity index (χ3v) is 5.33. The maximum Gasteiger partial charge on any atom is 0.173 e. The van der Waals surface area contributed by atoms with Crippen molar-refractivity contribution in [3.8, 4) is 0 Å². The number of sulfone groups is 1. The molecule has 0 radical (unpaired) electrons. The monoisotopic (exact) mass is 233 g/mol. The summed E-state index contributed by atoms with van der Waals surface area (Å²) in [4.78, 5) is 0. The lowest BCUT2D eigenvalue weighted by Crippen LogP contribution is -2.39. The van der Waals surface area contributed by atoms with Crippen molar-refractivity contribution in [3.63, 3.8) is 0 Å². The number of hydrogen-bond donors (Lipinski definition) is 1. The van der Waals surface area contributed by atoms with Crippen LogP contribution in [0.25, 0.3) is 0 Å². The Kier molecular flexibility index (Phi) is 2.91. The third kappa shape index (κ3) is 2.52. The van der Waals surface area contributed by atoms with Gasteiger partial charge in [0.05, 0.1) is 5.75 Å². The van der Waals surface area contributed by atoms with E-state index in [2.05, 4.69) is 12.2 Å². The van der Waals surface area contributed by atoms with E-state index >= 15 is 0 Å². The second-order valence-corrected chi connectivity index (χ2v) is 7.41. The second kappa shape index (κ2) is 3.87. The Morgan fingerprint density at radius 2 is 2.29 bits per heavy atom. The fourth-order valence-corrected chi connectivity index (χ4v) is 4.33. The molecule has 1 N–H and O–H groups in total. The first-order chi connectivity index (χ1) is 6.55. The summed E-state index contributed by atoms with van der Waals surface area (Å²) in [6.45, 7) is 2.22. The van der Waals surface area contributed by atoms with Gasteiger partial charge in [-0.3, -0.25) is 0 Å². The molecule has 2 rings (SSSR count). The van der Waals surface area contributed by atoms with Gasteiger partial charge < -0.3 is 5.32 Å². The van der Waals surface area contributed by atoms with Crippen molar-refractivity contribution in [2.24, 2.45) is 0 Å². The van der Waals surface area contributed by atoms with Crippen LogP contribution in [0.15, 0.2) is 11.5 Å². The van der Waals surface area contributed by atoms with Crippen molar-refractivity contribution in [2.45, 2.75) is 30.7 Å². The van der Waals surface area contributed by atoms with E-state index in [-0.39, 0.29) is 11.8 Å². The van der Waals surface area contributed by atoms with Gasteiger partial charge in [0.15, 0.2) is 9.84 Å². The highest BCUT2D eigenvalue weighted by Gasteiger charge is 2.27. The van der Waals surface area contributed by atoms with Crippen LogP contribution in [0.2, 0.25) is 0 Å². The summed E-state index contributed by atoms with van der Waals surface area (Å²) in [5, 5.41) is 5.41. The average molecular weight is 233 g/mol. The Labute approximate surface area is 89.3 Å². The summed E-state index contributed by atoms with van der Waals surface area (Å²) in [6.07, 6.45) is 2.91. The van der Waals surface area contributed by atoms with Crippen molar-refractivity contribution in [1.82, 2.24) is 5.32 Å². The minimum absolute atomic E-state index is 0.0379. The van der Waals surface area contributed by atoms with Crippen LogP contribution in [0, 0.1) is 0 Å². The van der Waals surface area contributed by atoms with Crippen LogP contribution in [0.4, 0.5) is 0 Å². The lowest BCUT2D eigenvalue weighted by atomic mass is 10.2. The van der Waals surface area contributed by atoms with Gasteiger partial charge >= 0.3 is 0 Å². The molecule has 0 amide bonds. The molecule has 5 heteroatoms. The van der Waals surface area contributed by atoms with Crippen LogP contribution in [0.3, 0.4) is 0 Å². The van der Waals surface area contributed by atoms with Gasteiger partial charge in [-0.2, -0.15) is 11.8 Å². The van der Waals surface area contributed by atoms with Gasteiger partial charge in [-0.25, -0.2) is 8.42 Å². The highest BCUT2D eigenvalue weighted by molar-refractivity contribution is 8.00. The van der Waals surface area contributed by atoms with Crippen molar-refractivity contribution in [1.29, 1.82) is 0 Å². The van der Waals surface area contributed by atoms with Crippen molar-refractivity contribution < 1.29 is 8.42 Å². The molecule has 1 fully saturated rings. The van der Waals surface area contributed by atoms with Gasteiger partial charge in [-0.1, -0.05) is 13.0 Å². The fourth-order valence-electron chi connectivity index (χ4n) is 1.92. The van der Waals surface area contributed by atoms with Crippen LogP contribution in [0.5, 0.6) is 0 Å². The van der Waals surface area contributed by atoms with Crippen LogP contribution >= 0.6 is 11.8 Å². The second-order valence-electron chi connectivity index (χ2n) is 4.01. The summed E-state index contributed by atoms with van der Waals surface area (Å²) in [6, 6.07) is 0.522. The SMILES string of the molecule is CC1CC(NC2C=CS(=O)(=O)C2)CS1. The van der Waals surface area contributed by atoms with E-state index in [0.717, 1.165) is 12.2 Å². The lowest BCUT2D eigenvalue weighted by Gasteiger charge is -2.15. The molecule has 3 atom stereocenters. The van der Waals surface area contributed by atoms with E-state index in [9.17, 15) is 8.42 Å². The molecule has 0 aromatic heterocycles. The highest BCUT2D eigenvalue weighted by atomic mass is 32.2.